The summed E-state index contributed by atoms with van der Waals surface area (Å²) in [7, 11) is 0.347. The molecular formula is C24H25N3O2S. The van der Waals surface area contributed by atoms with Gasteiger partial charge in [0.05, 0.1) is 10.6 Å². The van der Waals surface area contributed by atoms with Gasteiger partial charge in [-0.1, -0.05) is 48.5 Å². The summed E-state index contributed by atoms with van der Waals surface area (Å²) in [6.45, 7) is 0.884. The third-order valence-electron chi connectivity index (χ3n) is 5.13. The molecule has 0 atom stereocenters. The van der Waals surface area contributed by atoms with E-state index in [1.807, 2.05) is 81.0 Å². The molecule has 154 valence electrons. The minimum atomic E-state index is -3.70. The lowest BCUT2D eigenvalue weighted by molar-refractivity contribution is 0.414. The molecule has 2 N–H and O–H groups in total. The Morgan fingerprint density at radius 2 is 1.57 bits per heavy atom. The first-order valence-corrected chi connectivity index (χ1v) is 11.3. The molecule has 0 saturated carbocycles. The molecule has 0 saturated heterocycles. The van der Waals surface area contributed by atoms with E-state index in [1.165, 1.54) is 0 Å². The first kappa shape index (κ1) is 20.2. The highest BCUT2D eigenvalue weighted by atomic mass is 32.2. The van der Waals surface area contributed by atoms with Crippen molar-refractivity contribution in [3.05, 3.63) is 84.6 Å². The number of likely N-dealkylation sites (N-methyl/N-ethyl adjacent to an activating group) is 1. The smallest absolute Gasteiger partial charge is 0.261 e. The van der Waals surface area contributed by atoms with Gasteiger partial charge in [0.2, 0.25) is 0 Å². The lowest BCUT2D eigenvalue weighted by atomic mass is 10.1. The fourth-order valence-corrected chi connectivity index (χ4v) is 4.61. The predicted molar refractivity (Wildman–Crippen MR) is 123 cm³/mol. The summed E-state index contributed by atoms with van der Waals surface area (Å²) in [5, 5.41) is 0.920. The second-order valence-corrected chi connectivity index (χ2v) is 9.27. The topological polar surface area (TPSA) is 65.2 Å². The van der Waals surface area contributed by atoms with Gasteiger partial charge in [-0.15, -0.1) is 0 Å². The van der Waals surface area contributed by atoms with Crippen molar-refractivity contribution in [3.63, 3.8) is 0 Å². The molecule has 0 bridgehead atoms. The molecule has 0 radical (unpaired) electrons. The molecule has 30 heavy (non-hydrogen) atoms. The van der Waals surface area contributed by atoms with Crippen molar-refractivity contribution >= 4 is 26.6 Å². The van der Waals surface area contributed by atoms with Crippen LogP contribution in [0.3, 0.4) is 0 Å². The van der Waals surface area contributed by atoms with Gasteiger partial charge in [-0.3, -0.25) is 4.72 Å². The van der Waals surface area contributed by atoms with Crippen LogP contribution in [0.25, 0.3) is 22.0 Å². The van der Waals surface area contributed by atoms with Crippen LogP contribution in [0.5, 0.6) is 0 Å². The summed E-state index contributed by atoms with van der Waals surface area (Å²) in [4.78, 5) is 5.60. The van der Waals surface area contributed by atoms with Crippen molar-refractivity contribution in [1.82, 2.24) is 9.88 Å². The van der Waals surface area contributed by atoms with Crippen molar-refractivity contribution in [1.29, 1.82) is 0 Å². The van der Waals surface area contributed by atoms with Gasteiger partial charge in [-0.2, -0.15) is 0 Å². The van der Waals surface area contributed by atoms with E-state index in [9.17, 15) is 8.42 Å². The van der Waals surface area contributed by atoms with Crippen molar-refractivity contribution in [2.24, 2.45) is 0 Å². The molecule has 0 spiro atoms. The molecule has 4 aromatic rings. The number of sulfonamides is 1. The van der Waals surface area contributed by atoms with E-state index < -0.39 is 10.0 Å². The Hall–Kier alpha value is -3.09. The van der Waals surface area contributed by atoms with Gasteiger partial charge in [-0.05, 0) is 61.5 Å². The summed E-state index contributed by atoms with van der Waals surface area (Å²) in [5.41, 5.74) is 4.64. The van der Waals surface area contributed by atoms with Crippen molar-refractivity contribution in [3.8, 4) is 11.1 Å². The van der Waals surface area contributed by atoms with Crippen LogP contribution in [0.15, 0.2) is 83.9 Å². The number of aromatic amines is 1. The minimum absolute atomic E-state index is 0.240. The molecule has 0 aliphatic heterocycles. The zero-order chi connectivity index (χ0) is 21.1. The van der Waals surface area contributed by atoms with Gasteiger partial charge in [0.1, 0.15) is 0 Å². The number of nitrogens with zero attached hydrogens (tertiary/aromatic N) is 1. The largest absolute Gasteiger partial charge is 0.361 e. The number of fused-ring (bicyclic) bond motifs is 1. The van der Waals surface area contributed by atoms with Gasteiger partial charge in [0.25, 0.3) is 10.0 Å². The predicted octanol–water partition coefficient (Wildman–Crippen LogP) is 4.74. The summed E-state index contributed by atoms with van der Waals surface area (Å²) < 4.78 is 28.9. The summed E-state index contributed by atoms with van der Waals surface area (Å²) >= 11 is 0. The summed E-state index contributed by atoms with van der Waals surface area (Å²) in [6, 6.07) is 22.5. The lowest BCUT2D eigenvalue weighted by Crippen LogP contribution is -2.15. The van der Waals surface area contributed by atoms with E-state index in [4.69, 9.17) is 0 Å². The normalized spacial score (nSPS) is 11.8. The van der Waals surface area contributed by atoms with E-state index >= 15 is 0 Å². The number of anilines is 1. The van der Waals surface area contributed by atoms with Crippen molar-refractivity contribution in [2.75, 3.05) is 25.4 Å². The number of nitrogens with one attached hydrogen (secondary N) is 2. The average molecular weight is 420 g/mol. The molecule has 0 unspecified atom stereocenters. The first-order chi connectivity index (χ1) is 14.4. The second kappa shape index (κ2) is 8.34. The molecular weight excluding hydrogens is 394 g/mol. The van der Waals surface area contributed by atoms with Crippen LogP contribution in [-0.2, 0) is 16.4 Å². The molecule has 5 nitrogen and oxygen atoms in total. The quantitative estimate of drug-likeness (QED) is 0.455. The summed E-state index contributed by atoms with van der Waals surface area (Å²) in [6.07, 6.45) is 2.79. The number of hydrogen-bond donors (Lipinski definition) is 2. The van der Waals surface area contributed by atoms with Gasteiger partial charge in [-0.25, -0.2) is 8.42 Å². The van der Waals surface area contributed by atoms with Gasteiger partial charge >= 0.3 is 0 Å². The Kier molecular flexibility index (Phi) is 5.61. The maximum Gasteiger partial charge on any atom is 0.261 e. The molecule has 0 aliphatic rings. The minimum Gasteiger partial charge on any atom is -0.361 e. The van der Waals surface area contributed by atoms with Gasteiger partial charge < -0.3 is 9.88 Å². The summed E-state index contributed by atoms with van der Waals surface area (Å²) in [5.74, 6) is 0. The number of hydrogen-bond acceptors (Lipinski definition) is 3. The Balaban J connectivity index is 1.63. The van der Waals surface area contributed by atoms with Crippen molar-refractivity contribution in [2.45, 2.75) is 11.3 Å². The maximum atomic E-state index is 13.1. The Bertz CT molecular complexity index is 1240. The highest BCUT2D eigenvalue weighted by Crippen LogP contribution is 2.30. The first-order valence-electron chi connectivity index (χ1n) is 9.86. The Morgan fingerprint density at radius 1 is 0.867 bits per heavy atom. The molecule has 4 rings (SSSR count). The fraction of sp³-hybridized carbons (Fsp3) is 0.167. The zero-order valence-electron chi connectivity index (χ0n) is 17.1. The van der Waals surface area contributed by atoms with Gasteiger partial charge in [0.15, 0.2) is 0 Å². The number of rotatable bonds is 7. The Labute approximate surface area is 177 Å². The van der Waals surface area contributed by atoms with Crippen LogP contribution in [0, 0.1) is 0 Å². The standard InChI is InChI=1S/C24H25N3O2S/c1-27(2)16-15-20-17-25-22-9-6-10-23(24(20)22)26-30(28,29)21-13-11-19(12-14-21)18-7-4-3-5-8-18/h3-14,17,25-26H,15-16H2,1-2H3. The second-order valence-electron chi connectivity index (χ2n) is 7.59. The van der Waals surface area contributed by atoms with E-state index in [0.29, 0.717) is 5.69 Å². The number of aromatic nitrogens is 1. The van der Waals surface area contributed by atoms with Crippen LogP contribution in [-0.4, -0.2) is 38.9 Å². The molecule has 1 aromatic heterocycles. The van der Waals surface area contributed by atoms with Crippen LogP contribution in [0.1, 0.15) is 5.56 Å². The van der Waals surface area contributed by atoms with Gasteiger partial charge in [0, 0.05) is 23.6 Å². The van der Waals surface area contributed by atoms with Crippen LogP contribution in [0.2, 0.25) is 0 Å². The van der Waals surface area contributed by atoms with Crippen molar-refractivity contribution < 1.29 is 8.42 Å². The van der Waals surface area contributed by atoms with Crippen LogP contribution < -0.4 is 4.72 Å². The van der Waals surface area contributed by atoms with Crippen LogP contribution >= 0.6 is 0 Å². The highest BCUT2D eigenvalue weighted by molar-refractivity contribution is 7.92. The maximum absolute atomic E-state index is 13.1. The fourth-order valence-electron chi connectivity index (χ4n) is 3.54. The third-order valence-corrected chi connectivity index (χ3v) is 6.51. The molecule has 3 aromatic carbocycles. The van der Waals surface area contributed by atoms with Crippen LogP contribution in [0.4, 0.5) is 5.69 Å². The number of H-pyrrole nitrogens is 1. The molecule has 0 amide bonds. The molecule has 6 heteroatoms. The van der Waals surface area contributed by atoms with E-state index in [-0.39, 0.29) is 4.90 Å². The Morgan fingerprint density at radius 3 is 2.27 bits per heavy atom. The monoisotopic (exact) mass is 419 g/mol. The molecule has 1 heterocycles. The van der Waals surface area contributed by atoms with E-state index in [2.05, 4.69) is 14.6 Å². The SMILES string of the molecule is CN(C)CCc1c[nH]c2cccc(NS(=O)(=O)c3ccc(-c4ccccc4)cc3)c12. The van der Waals surface area contributed by atoms with E-state index in [1.54, 1.807) is 12.1 Å². The molecule has 0 aliphatic carbocycles. The third kappa shape index (κ3) is 4.25. The average Bonchev–Trinajstić information content (AvgIpc) is 3.17. The lowest BCUT2D eigenvalue weighted by Gasteiger charge is -2.12. The highest BCUT2D eigenvalue weighted by Gasteiger charge is 2.17. The van der Waals surface area contributed by atoms with E-state index in [0.717, 1.165) is 40.6 Å². The zero-order valence-corrected chi connectivity index (χ0v) is 17.9. The molecule has 0 fully saturated rings. The number of benzene rings is 3.